The summed E-state index contributed by atoms with van der Waals surface area (Å²) >= 11 is 0. The molecule has 0 radical (unpaired) electrons. The van der Waals surface area contributed by atoms with Gasteiger partial charge in [0.15, 0.2) is 0 Å². The largest absolute Gasteiger partial charge is 0.392 e. The second-order valence-corrected chi connectivity index (χ2v) is 12.1. The highest BCUT2D eigenvalue weighted by molar-refractivity contribution is 6.11. The number of fused-ring (bicyclic) bond motifs is 2. The van der Waals surface area contributed by atoms with Crippen LogP contribution in [0.2, 0.25) is 0 Å². The number of carbonyl (C=O) groups is 1. The molecule has 5 heterocycles. The van der Waals surface area contributed by atoms with E-state index in [1.165, 1.54) is 22.3 Å². The second-order valence-electron chi connectivity index (χ2n) is 12.1. The van der Waals surface area contributed by atoms with Gasteiger partial charge in [0.25, 0.3) is 5.56 Å². The number of hydrogen-bond donors (Lipinski definition) is 2. The molecule has 4 aliphatic rings. The smallest absolute Gasteiger partial charge is 0.274 e. The lowest BCUT2D eigenvalue weighted by atomic mass is 9.93. The standard InChI is InChI=1S/C34H37FN6O3/c1-3-39-17-23(18-39)21-8-9-32(36-15-21)37-28-12-22(16-38(2)34(28)44)26-13-24(35)14-30(27(26)20-42)40-10-11-41-29-7-5-4-6-25(29)33(43)31(41)19-40/h8-9,12-16,19,23,42H,3-7,10-11,17-18,20H2,1-2H3,(H,36,37). The Balaban J connectivity index is 1.20. The molecule has 0 saturated carbocycles. The molecule has 10 heteroatoms. The van der Waals surface area contributed by atoms with Crippen molar-refractivity contribution in [2.45, 2.75) is 45.1 Å². The van der Waals surface area contributed by atoms with E-state index in [-0.39, 0.29) is 17.9 Å². The van der Waals surface area contributed by atoms with Crippen molar-refractivity contribution >= 4 is 23.0 Å². The first-order chi connectivity index (χ1) is 21.3. The Labute approximate surface area is 255 Å². The molecule has 44 heavy (non-hydrogen) atoms. The summed E-state index contributed by atoms with van der Waals surface area (Å²) in [6, 6.07) is 8.38. The lowest BCUT2D eigenvalue weighted by molar-refractivity contribution is -0.112. The van der Waals surface area contributed by atoms with Crippen molar-refractivity contribution in [2.24, 2.45) is 7.05 Å². The molecular formula is C34H37FN6O3. The lowest BCUT2D eigenvalue weighted by Crippen LogP contribution is -2.44. The van der Waals surface area contributed by atoms with Crippen molar-refractivity contribution in [2.75, 3.05) is 42.9 Å². The van der Waals surface area contributed by atoms with Crippen LogP contribution in [-0.2, 0) is 18.4 Å². The van der Waals surface area contributed by atoms with Crippen molar-refractivity contribution in [1.29, 1.82) is 0 Å². The van der Waals surface area contributed by atoms with Crippen LogP contribution in [0.15, 0.2) is 70.7 Å². The molecule has 1 aromatic carbocycles. The van der Waals surface area contributed by atoms with Gasteiger partial charge in [-0.25, -0.2) is 9.37 Å². The number of aliphatic hydroxyl groups excluding tert-OH is 1. The first-order valence-corrected chi connectivity index (χ1v) is 15.5. The van der Waals surface area contributed by atoms with Gasteiger partial charge in [0.1, 0.15) is 23.0 Å². The van der Waals surface area contributed by atoms with E-state index in [1.807, 2.05) is 23.2 Å². The predicted octanol–water partition coefficient (Wildman–Crippen LogP) is 4.62. The van der Waals surface area contributed by atoms with E-state index < -0.39 is 5.82 Å². The summed E-state index contributed by atoms with van der Waals surface area (Å²) in [5.74, 6) is 0.594. The number of likely N-dealkylation sites (N-methyl/N-ethyl adjacent to an activating group) is 1. The van der Waals surface area contributed by atoms with Gasteiger partial charge in [-0.15, -0.1) is 0 Å². The van der Waals surface area contributed by atoms with Gasteiger partial charge in [0.05, 0.1) is 6.61 Å². The number of rotatable bonds is 7. The molecule has 0 bridgehead atoms. The Morgan fingerprint density at radius 1 is 1.09 bits per heavy atom. The number of nitrogens with zero attached hydrogens (tertiary/aromatic N) is 5. The van der Waals surface area contributed by atoms with Crippen molar-refractivity contribution in [1.82, 2.24) is 19.4 Å². The van der Waals surface area contributed by atoms with E-state index in [0.717, 1.165) is 56.6 Å². The van der Waals surface area contributed by atoms with E-state index in [2.05, 4.69) is 27.0 Å². The van der Waals surface area contributed by atoms with Crippen LogP contribution in [0.4, 0.5) is 21.6 Å². The minimum atomic E-state index is -0.471. The topological polar surface area (TPSA) is 93.9 Å². The highest BCUT2D eigenvalue weighted by atomic mass is 19.1. The molecule has 228 valence electrons. The normalized spacial score (nSPS) is 18.7. The SMILES string of the molecule is CCN1CC(c2ccc(Nc3cc(-c4cc(F)cc(N5C=C6C(=O)C7=C(CCCC7)N6CC5)c4CO)cn(C)c3=O)nc2)C1. The molecule has 1 saturated heterocycles. The maximum Gasteiger partial charge on any atom is 0.274 e. The van der Waals surface area contributed by atoms with Crippen molar-refractivity contribution in [3.63, 3.8) is 0 Å². The van der Waals surface area contributed by atoms with Crippen LogP contribution in [0, 0.1) is 5.82 Å². The Bertz CT molecular complexity index is 1760. The van der Waals surface area contributed by atoms with Crippen molar-refractivity contribution < 1.29 is 14.3 Å². The molecule has 7 rings (SSSR count). The zero-order chi connectivity index (χ0) is 30.5. The highest BCUT2D eigenvalue weighted by Gasteiger charge is 2.38. The summed E-state index contributed by atoms with van der Waals surface area (Å²) in [6.07, 6.45) is 9.11. The minimum absolute atomic E-state index is 0.0533. The second kappa shape index (κ2) is 11.3. The van der Waals surface area contributed by atoms with Crippen LogP contribution in [0.3, 0.4) is 0 Å². The molecule has 0 spiro atoms. The van der Waals surface area contributed by atoms with Gasteiger partial charge in [0.2, 0.25) is 5.78 Å². The van der Waals surface area contributed by atoms with Gasteiger partial charge in [-0.05, 0) is 67.6 Å². The first kappa shape index (κ1) is 28.5. The number of aromatic nitrogens is 2. The minimum Gasteiger partial charge on any atom is -0.392 e. The number of halogens is 1. The maximum atomic E-state index is 15.3. The van der Waals surface area contributed by atoms with E-state index in [1.54, 1.807) is 25.5 Å². The third kappa shape index (κ3) is 4.92. The third-order valence-electron chi connectivity index (χ3n) is 9.48. The molecule has 0 unspecified atom stereocenters. The maximum absolute atomic E-state index is 15.3. The van der Waals surface area contributed by atoms with Gasteiger partial charge >= 0.3 is 0 Å². The van der Waals surface area contributed by atoms with Crippen LogP contribution in [0.25, 0.3) is 11.1 Å². The molecule has 1 fully saturated rings. The van der Waals surface area contributed by atoms with Crippen LogP contribution in [-0.4, -0.2) is 63.0 Å². The summed E-state index contributed by atoms with van der Waals surface area (Å²) in [7, 11) is 1.65. The van der Waals surface area contributed by atoms with Gasteiger partial charge in [-0.1, -0.05) is 13.0 Å². The highest BCUT2D eigenvalue weighted by Crippen LogP contribution is 2.41. The fraction of sp³-hybridized carbons (Fsp3) is 0.382. The van der Waals surface area contributed by atoms with E-state index >= 15 is 4.39 Å². The molecule has 0 amide bonds. The average Bonchev–Trinajstić information content (AvgIpc) is 3.30. The number of ketones is 1. The average molecular weight is 597 g/mol. The number of anilines is 3. The van der Waals surface area contributed by atoms with Crippen LogP contribution in [0.1, 0.15) is 49.7 Å². The molecular weight excluding hydrogens is 559 g/mol. The van der Waals surface area contributed by atoms with Crippen molar-refractivity contribution in [3.8, 4) is 11.1 Å². The Morgan fingerprint density at radius 3 is 2.66 bits per heavy atom. The number of aryl methyl sites for hydroxylation is 1. The molecule has 3 aliphatic heterocycles. The Morgan fingerprint density at radius 2 is 1.91 bits per heavy atom. The van der Waals surface area contributed by atoms with E-state index in [4.69, 9.17) is 0 Å². The number of nitrogens with one attached hydrogen (secondary N) is 1. The van der Waals surface area contributed by atoms with Gasteiger partial charge in [0, 0.05) is 85.8 Å². The number of aliphatic hydroxyl groups is 1. The van der Waals surface area contributed by atoms with Gasteiger partial charge < -0.3 is 29.7 Å². The molecule has 2 N–H and O–H groups in total. The summed E-state index contributed by atoms with van der Waals surface area (Å²) in [6.45, 7) is 6.07. The molecule has 2 aromatic heterocycles. The van der Waals surface area contributed by atoms with E-state index in [0.29, 0.717) is 58.6 Å². The van der Waals surface area contributed by atoms with Gasteiger partial charge in [-0.2, -0.15) is 0 Å². The summed E-state index contributed by atoms with van der Waals surface area (Å²) in [5, 5.41) is 13.7. The number of benzene rings is 1. The number of likely N-dealkylation sites (tertiary alicyclic amines) is 1. The zero-order valence-corrected chi connectivity index (χ0v) is 25.1. The molecule has 9 nitrogen and oxygen atoms in total. The lowest BCUT2D eigenvalue weighted by Gasteiger charge is -2.38. The summed E-state index contributed by atoms with van der Waals surface area (Å²) in [4.78, 5) is 37.3. The monoisotopic (exact) mass is 596 g/mol. The van der Waals surface area contributed by atoms with Crippen LogP contribution >= 0.6 is 0 Å². The quantitative estimate of drug-likeness (QED) is 0.409. The zero-order valence-electron chi connectivity index (χ0n) is 25.1. The number of pyridine rings is 2. The number of Topliss-reactive ketones (excluding diaryl/α,β-unsaturated/α-hetero) is 1. The summed E-state index contributed by atoms with van der Waals surface area (Å²) < 4.78 is 16.7. The van der Waals surface area contributed by atoms with Crippen molar-refractivity contribution in [3.05, 3.63) is 93.2 Å². The van der Waals surface area contributed by atoms with Crippen LogP contribution in [0.5, 0.6) is 0 Å². The number of allylic oxidation sites excluding steroid dienone is 2. The predicted molar refractivity (Wildman–Crippen MR) is 168 cm³/mol. The van der Waals surface area contributed by atoms with Gasteiger partial charge in [-0.3, -0.25) is 9.59 Å². The fourth-order valence-electron chi connectivity index (χ4n) is 7.00. The van der Waals surface area contributed by atoms with Crippen LogP contribution < -0.4 is 15.8 Å². The fourth-order valence-corrected chi connectivity index (χ4v) is 7.00. The van der Waals surface area contributed by atoms with E-state index in [9.17, 15) is 14.7 Å². The summed E-state index contributed by atoms with van der Waals surface area (Å²) in [5.41, 5.74) is 5.96. The molecule has 1 aliphatic carbocycles. The number of hydrogen-bond acceptors (Lipinski definition) is 8. The Hall–Kier alpha value is -4.28. The molecule has 0 atom stereocenters. The third-order valence-corrected chi connectivity index (χ3v) is 9.48. The number of carbonyl (C=O) groups excluding carboxylic acids is 1. The molecule has 3 aromatic rings. The Kier molecular flexibility index (Phi) is 7.34. The first-order valence-electron chi connectivity index (χ1n) is 15.5.